The van der Waals surface area contributed by atoms with Gasteiger partial charge in [0.15, 0.2) is 0 Å². The lowest BCUT2D eigenvalue weighted by Gasteiger charge is -2.41. The Morgan fingerprint density at radius 3 is 2.57 bits per heavy atom. The van der Waals surface area contributed by atoms with Gasteiger partial charge in [-0.05, 0) is 56.7 Å². The van der Waals surface area contributed by atoms with Crippen molar-refractivity contribution in [2.75, 3.05) is 26.2 Å². The van der Waals surface area contributed by atoms with Crippen molar-refractivity contribution < 1.29 is 0 Å². The van der Waals surface area contributed by atoms with Gasteiger partial charge in [-0.2, -0.15) is 0 Å². The molecule has 2 heteroatoms. The maximum atomic E-state index is 3.65. The minimum absolute atomic E-state index is 0.692. The van der Waals surface area contributed by atoms with E-state index in [0.29, 0.717) is 5.41 Å². The van der Waals surface area contributed by atoms with Crippen LogP contribution >= 0.6 is 0 Å². The van der Waals surface area contributed by atoms with E-state index in [4.69, 9.17) is 0 Å². The second-order valence-corrected chi connectivity index (χ2v) is 5.20. The van der Waals surface area contributed by atoms with Crippen molar-refractivity contribution in [2.45, 2.75) is 39.0 Å². The quantitative estimate of drug-likeness (QED) is 0.633. The highest BCUT2D eigenvalue weighted by Gasteiger charge is 2.34. The van der Waals surface area contributed by atoms with Crippen LogP contribution in [0.25, 0.3) is 0 Å². The van der Waals surface area contributed by atoms with Gasteiger partial charge in [0.2, 0.25) is 0 Å². The van der Waals surface area contributed by atoms with Gasteiger partial charge >= 0.3 is 0 Å². The first-order chi connectivity index (χ1) is 6.85. The van der Waals surface area contributed by atoms with Gasteiger partial charge in [0, 0.05) is 6.54 Å². The summed E-state index contributed by atoms with van der Waals surface area (Å²) in [5.74, 6) is 0.960. The third-order valence-corrected chi connectivity index (χ3v) is 4.26. The first-order valence-corrected chi connectivity index (χ1v) is 6.26. The molecule has 1 aliphatic carbocycles. The maximum Gasteiger partial charge on any atom is 0.000770 e. The molecule has 0 aromatic heterocycles. The Balaban J connectivity index is 1.53. The molecule has 2 nitrogen and oxygen atoms in total. The van der Waals surface area contributed by atoms with Crippen LogP contribution in [0.2, 0.25) is 0 Å². The molecule has 2 N–H and O–H groups in total. The zero-order chi connectivity index (χ0) is 9.86. The SMILES string of the molecule is CCC1(CNCCC2CNC2)CCC1. The van der Waals surface area contributed by atoms with Crippen molar-refractivity contribution in [1.82, 2.24) is 10.6 Å². The van der Waals surface area contributed by atoms with E-state index in [1.54, 1.807) is 0 Å². The molecule has 0 atom stereocenters. The lowest BCUT2D eigenvalue weighted by atomic mass is 9.67. The van der Waals surface area contributed by atoms with Gasteiger partial charge in [0.1, 0.15) is 0 Å². The summed E-state index contributed by atoms with van der Waals surface area (Å²) in [5, 5.41) is 6.97. The van der Waals surface area contributed by atoms with Crippen molar-refractivity contribution in [3.63, 3.8) is 0 Å². The predicted octanol–water partition coefficient (Wildman–Crippen LogP) is 1.77. The van der Waals surface area contributed by atoms with Gasteiger partial charge in [-0.3, -0.25) is 0 Å². The fourth-order valence-corrected chi connectivity index (χ4v) is 2.54. The van der Waals surface area contributed by atoms with Crippen LogP contribution in [0.1, 0.15) is 39.0 Å². The van der Waals surface area contributed by atoms with Gasteiger partial charge in [-0.15, -0.1) is 0 Å². The van der Waals surface area contributed by atoms with E-state index in [2.05, 4.69) is 17.6 Å². The average molecular weight is 196 g/mol. The molecular formula is C12H24N2. The first-order valence-electron chi connectivity index (χ1n) is 6.26. The number of hydrogen-bond acceptors (Lipinski definition) is 2. The predicted molar refractivity (Wildman–Crippen MR) is 60.4 cm³/mol. The smallest absolute Gasteiger partial charge is 0.000770 e. The molecule has 0 aromatic rings. The molecule has 1 saturated carbocycles. The molecule has 2 rings (SSSR count). The summed E-state index contributed by atoms with van der Waals surface area (Å²) < 4.78 is 0. The second-order valence-electron chi connectivity index (χ2n) is 5.20. The Kier molecular flexibility index (Phi) is 3.45. The van der Waals surface area contributed by atoms with Crippen LogP contribution in [0.4, 0.5) is 0 Å². The zero-order valence-corrected chi connectivity index (χ0v) is 9.44. The van der Waals surface area contributed by atoms with Gasteiger partial charge in [-0.1, -0.05) is 13.3 Å². The highest BCUT2D eigenvalue weighted by atomic mass is 15.0. The molecule has 2 aliphatic rings. The molecule has 0 radical (unpaired) electrons. The highest BCUT2D eigenvalue weighted by Crippen LogP contribution is 2.42. The zero-order valence-electron chi connectivity index (χ0n) is 9.44. The molecule has 82 valence electrons. The Bertz CT molecular complexity index is 166. The molecule has 0 unspecified atom stereocenters. The molecular weight excluding hydrogens is 172 g/mol. The Morgan fingerprint density at radius 2 is 2.14 bits per heavy atom. The maximum absolute atomic E-state index is 3.65. The van der Waals surface area contributed by atoms with Crippen LogP contribution < -0.4 is 10.6 Å². The normalized spacial score (nSPS) is 25.5. The summed E-state index contributed by atoms with van der Waals surface area (Å²) in [7, 11) is 0. The molecule has 0 amide bonds. The van der Waals surface area contributed by atoms with E-state index in [1.807, 2.05) is 0 Å². The largest absolute Gasteiger partial charge is 0.316 e. The highest BCUT2D eigenvalue weighted by molar-refractivity contribution is 4.88. The minimum atomic E-state index is 0.692. The Labute approximate surface area is 87.8 Å². The summed E-state index contributed by atoms with van der Waals surface area (Å²) >= 11 is 0. The van der Waals surface area contributed by atoms with E-state index >= 15 is 0 Å². The standard InChI is InChI=1S/C12H24N2/c1-2-12(5-3-6-12)10-13-7-4-11-8-14-9-11/h11,13-14H,2-10H2,1H3. The van der Waals surface area contributed by atoms with E-state index in [1.165, 1.54) is 58.3 Å². The second kappa shape index (κ2) is 4.63. The van der Waals surface area contributed by atoms with Crippen molar-refractivity contribution in [2.24, 2.45) is 11.3 Å². The monoisotopic (exact) mass is 196 g/mol. The van der Waals surface area contributed by atoms with Crippen molar-refractivity contribution in [3.8, 4) is 0 Å². The number of hydrogen-bond donors (Lipinski definition) is 2. The summed E-state index contributed by atoms with van der Waals surface area (Å²) in [4.78, 5) is 0. The summed E-state index contributed by atoms with van der Waals surface area (Å²) in [6.07, 6.45) is 7.11. The molecule has 1 aliphatic heterocycles. The average Bonchev–Trinajstić information content (AvgIpc) is 2.05. The molecule has 0 spiro atoms. The van der Waals surface area contributed by atoms with E-state index in [-0.39, 0.29) is 0 Å². The van der Waals surface area contributed by atoms with Crippen molar-refractivity contribution in [1.29, 1.82) is 0 Å². The number of rotatable bonds is 6. The Morgan fingerprint density at radius 1 is 1.36 bits per heavy atom. The van der Waals surface area contributed by atoms with Gasteiger partial charge < -0.3 is 10.6 Å². The summed E-state index contributed by atoms with van der Waals surface area (Å²) in [6.45, 7) is 7.34. The van der Waals surface area contributed by atoms with E-state index < -0.39 is 0 Å². The van der Waals surface area contributed by atoms with Crippen LogP contribution in [-0.2, 0) is 0 Å². The van der Waals surface area contributed by atoms with Gasteiger partial charge in [-0.25, -0.2) is 0 Å². The summed E-state index contributed by atoms with van der Waals surface area (Å²) in [5.41, 5.74) is 0.692. The number of nitrogens with one attached hydrogen (secondary N) is 2. The third kappa shape index (κ3) is 2.29. The van der Waals surface area contributed by atoms with E-state index in [0.717, 1.165) is 5.92 Å². The minimum Gasteiger partial charge on any atom is -0.316 e. The molecule has 2 fully saturated rings. The lowest BCUT2D eigenvalue weighted by molar-refractivity contribution is 0.123. The molecule has 1 saturated heterocycles. The Hall–Kier alpha value is -0.0800. The van der Waals surface area contributed by atoms with Gasteiger partial charge in [0.05, 0.1) is 0 Å². The third-order valence-electron chi connectivity index (χ3n) is 4.26. The van der Waals surface area contributed by atoms with Crippen LogP contribution in [0, 0.1) is 11.3 Å². The molecule has 14 heavy (non-hydrogen) atoms. The fourth-order valence-electron chi connectivity index (χ4n) is 2.54. The van der Waals surface area contributed by atoms with Crippen molar-refractivity contribution in [3.05, 3.63) is 0 Å². The molecule has 1 heterocycles. The topological polar surface area (TPSA) is 24.1 Å². The van der Waals surface area contributed by atoms with Crippen LogP contribution in [-0.4, -0.2) is 26.2 Å². The summed E-state index contributed by atoms with van der Waals surface area (Å²) in [6, 6.07) is 0. The first kappa shape index (κ1) is 10.4. The molecule has 0 bridgehead atoms. The van der Waals surface area contributed by atoms with Crippen LogP contribution in [0.3, 0.4) is 0 Å². The van der Waals surface area contributed by atoms with Gasteiger partial charge in [0.25, 0.3) is 0 Å². The van der Waals surface area contributed by atoms with E-state index in [9.17, 15) is 0 Å². The van der Waals surface area contributed by atoms with Crippen LogP contribution in [0.15, 0.2) is 0 Å². The van der Waals surface area contributed by atoms with Crippen molar-refractivity contribution >= 4 is 0 Å². The van der Waals surface area contributed by atoms with Crippen LogP contribution in [0.5, 0.6) is 0 Å². The lowest BCUT2D eigenvalue weighted by Crippen LogP contribution is -2.44. The molecule has 0 aromatic carbocycles. The fraction of sp³-hybridized carbons (Fsp3) is 1.00.